The highest BCUT2D eigenvalue weighted by molar-refractivity contribution is 14.1. The molecule has 4 heteroatoms. The molecule has 1 aromatic heterocycles. The number of H-pyrrole nitrogens is 1. The highest BCUT2D eigenvalue weighted by Gasteiger charge is 2.41. The Balaban J connectivity index is 1.89. The van der Waals surface area contributed by atoms with Crippen LogP contribution >= 0.6 is 45.2 Å². The molecule has 1 aromatic rings. The van der Waals surface area contributed by atoms with Gasteiger partial charge in [0.05, 0.1) is 0 Å². The number of hydrogen-bond donors (Lipinski definition) is 1. The number of aromatic amines is 1. The maximum absolute atomic E-state index is 4.63. The average molecular weight is 414 g/mol. The van der Waals surface area contributed by atoms with E-state index in [9.17, 15) is 0 Å². The van der Waals surface area contributed by atoms with Crippen molar-refractivity contribution in [2.45, 2.75) is 31.6 Å². The Kier molecular flexibility index (Phi) is 2.54. The van der Waals surface area contributed by atoms with Gasteiger partial charge in [-0.1, -0.05) is 6.42 Å². The first kappa shape index (κ1) is 9.86. The van der Waals surface area contributed by atoms with Gasteiger partial charge in [0, 0.05) is 5.92 Å². The normalized spacial score (nSPS) is 35.4. The summed E-state index contributed by atoms with van der Waals surface area (Å²) in [7, 11) is 0. The molecule has 3 rings (SSSR count). The van der Waals surface area contributed by atoms with E-state index in [-0.39, 0.29) is 0 Å². The first-order valence-corrected chi connectivity index (χ1v) is 7.30. The van der Waals surface area contributed by atoms with Gasteiger partial charge in [0.25, 0.3) is 0 Å². The zero-order chi connectivity index (χ0) is 9.71. The minimum absolute atomic E-state index is 0.741. The first-order valence-electron chi connectivity index (χ1n) is 5.15. The van der Waals surface area contributed by atoms with Gasteiger partial charge in [0.15, 0.2) is 0 Å². The van der Waals surface area contributed by atoms with Crippen LogP contribution < -0.4 is 0 Å². The summed E-state index contributed by atoms with van der Waals surface area (Å²) in [6.07, 6.45) is 5.74. The number of hydrogen-bond acceptors (Lipinski definition) is 1. The van der Waals surface area contributed by atoms with E-state index in [0.717, 1.165) is 21.5 Å². The Bertz CT molecular complexity index is 342. The second-order valence-corrected chi connectivity index (χ2v) is 6.61. The van der Waals surface area contributed by atoms with Crippen molar-refractivity contribution < 1.29 is 0 Å². The number of aromatic nitrogens is 2. The van der Waals surface area contributed by atoms with Crippen molar-refractivity contribution in [1.82, 2.24) is 9.97 Å². The fourth-order valence-corrected chi connectivity index (χ4v) is 3.89. The van der Waals surface area contributed by atoms with Gasteiger partial charge in [-0.05, 0) is 76.3 Å². The van der Waals surface area contributed by atoms with Gasteiger partial charge < -0.3 is 4.98 Å². The Morgan fingerprint density at radius 2 is 2.07 bits per heavy atom. The zero-order valence-corrected chi connectivity index (χ0v) is 12.1. The number of halogens is 2. The quantitative estimate of drug-likeness (QED) is 0.701. The van der Waals surface area contributed by atoms with Crippen LogP contribution in [0, 0.1) is 19.2 Å². The summed E-state index contributed by atoms with van der Waals surface area (Å²) in [5, 5.41) is 0. The Hall–Kier alpha value is 0.670. The number of imidazole rings is 1. The Morgan fingerprint density at radius 3 is 2.57 bits per heavy atom. The predicted octanol–water partition coefficient (Wildman–Crippen LogP) is 3.52. The molecule has 3 atom stereocenters. The fraction of sp³-hybridized carbons (Fsp3) is 0.700. The fourth-order valence-electron chi connectivity index (χ4n) is 3.10. The standard InChI is InChI=1S/C10H12I2N2/c11-8-9(12)14-10(13-8)7-4-5-1-2-6(7)3-5/h5-7H,1-4H2,(H,13,14)/t5?,6?,7-/m0/s1. The van der Waals surface area contributed by atoms with Crippen LogP contribution in [0.4, 0.5) is 0 Å². The Labute approximate surface area is 111 Å². The van der Waals surface area contributed by atoms with E-state index in [2.05, 4.69) is 55.1 Å². The molecule has 0 radical (unpaired) electrons. The zero-order valence-electron chi connectivity index (χ0n) is 7.76. The van der Waals surface area contributed by atoms with Crippen LogP contribution in [-0.2, 0) is 0 Å². The summed E-state index contributed by atoms with van der Waals surface area (Å²) in [6.45, 7) is 0. The molecule has 2 nitrogen and oxygen atoms in total. The summed E-state index contributed by atoms with van der Waals surface area (Å²) >= 11 is 4.65. The molecule has 0 aliphatic heterocycles. The van der Waals surface area contributed by atoms with E-state index in [1.807, 2.05) is 0 Å². The second kappa shape index (κ2) is 3.61. The van der Waals surface area contributed by atoms with E-state index >= 15 is 0 Å². The highest BCUT2D eigenvalue weighted by atomic mass is 127. The minimum atomic E-state index is 0.741. The van der Waals surface area contributed by atoms with Crippen LogP contribution in [0.5, 0.6) is 0 Å². The molecule has 2 bridgehead atoms. The lowest BCUT2D eigenvalue weighted by atomic mass is 9.88. The number of nitrogens with zero attached hydrogens (tertiary/aromatic N) is 1. The molecule has 76 valence electrons. The maximum Gasteiger partial charge on any atom is 0.133 e. The van der Waals surface area contributed by atoms with Crippen LogP contribution in [0.2, 0.25) is 0 Å². The van der Waals surface area contributed by atoms with Crippen molar-refractivity contribution in [2.24, 2.45) is 11.8 Å². The van der Waals surface area contributed by atoms with Crippen molar-refractivity contribution in [1.29, 1.82) is 0 Å². The second-order valence-electron chi connectivity index (χ2n) is 4.51. The van der Waals surface area contributed by atoms with Crippen LogP contribution in [0.1, 0.15) is 37.4 Å². The molecule has 2 fully saturated rings. The molecule has 2 aliphatic carbocycles. The van der Waals surface area contributed by atoms with Crippen molar-refractivity contribution in [3.05, 3.63) is 13.2 Å². The van der Waals surface area contributed by atoms with E-state index < -0.39 is 0 Å². The minimum Gasteiger partial charge on any atom is -0.336 e. The molecule has 2 saturated carbocycles. The molecule has 2 unspecified atom stereocenters. The van der Waals surface area contributed by atoms with E-state index in [0.29, 0.717) is 0 Å². The summed E-state index contributed by atoms with van der Waals surface area (Å²) in [5.74, 6) is 3.93. The first-order chi connectivity index (χ1) is 6.74. The summed E-state index contributed by atoms with van der Waals surface area (Å²) < 4.78 is 2.35. The molecule has 14 heavy (non-hydrogen) atoms. The van der Waals surface area contributed by atoms with Gasteiger partial charge >= 0.3 is 0 Å². The number of rotatable bonds is 1. The van der Waals surface area contributed by atoms with Crippen LogP contribution in [0.25, 0.3) is 0 Å². The van der Waals surface area contributed by atoms with Crippen molar-refractivity contribution in [3.63, 3.8) is 0 Å². The summed E-state index contributed by atoms with van der Waals surface area (Å²) in [6, 6.07) is 0. The van der Waals surface area contributed by atoms with Crippen molar-refractivity contribution >= 4 is 45.2 Å². The molecule has 0 spiro atoms. The monoisotopic (exact) mass is 414 g/mol. The van der Waals surface area contributed by atoms with E-state index in [4.69, 9.17) is 0 Å². The molecule has 1 heterocycles. The topological polar surface area (TPSA) is 28.7 Å². The SMILES string of the molecule is Ic1nc([C@H]2CC3CCC2C3)[nH]c1I. The van der Waals surface area contributed by atoms with E-state index in [1.54, 1.807) is 0 Å². The highest BCUT2D eigenvalue weighted by Crippen LogP contribution is 2.52. The molecule has 0 saturated heterocycles. The van der Waals surface area contributed by atoms with Crippen molar-refractivity contribution in [3.8, 4) is 0 Å². The van der Waals surface area contributed by atoms with Crippen LogP contribution in [0.3, 0.4) is 0 Å². The molecule has 2 aliphatic rings. The lowest BCUT2D eigenvalue weighted by molar-refractivity contribution is 0.407. The smallest absolute Gasteiger partial charge is 0.133 e. The molecular weight excluding hydrogens is 402 g/mol. The van der Waals surface area contributed by atoms with Crippen LogP contribution in [0.15, 0.2) is 0 Å². The van der Waals surface area contributed by atoms with Gasteiger partial charge in [0.2, 0.25) is 0 Å². The van der Waals surface area contributed by atoms with Crippen LogP contribution in [-0.4, -0.2) is 9.97 Å². The number of nitrogens with one attached hydrogen (secondary N) is 1. The molecule has 0 amide bonds. The van der Waals surface area contributed by atoms with E-state index in [1.165, 1.54) is 35.2 Å². The third kappa shape index (κ3) is 1.52. The summed E-state index contributed by atoms with van der Waals surface area (Å²) in [4.78, 5) is 8.07. The molecule has 0 aromatic carbocycles. The molecule has 1 N–H and O–H groups in total. The largest absolute Gasteiger partial charge is 0.336 e. The Morgan fingerprint density at radius 1 is 1.21 bits per heavy atom. The van der Waals surface area contributed by atoms with Gasteiger partial charge in [-0.2, -0.15) is 0 Å². The van der Waals surface area contributed by atoms with Gasteiger partial charge in [-0.3, -0.25) is 0 Å². The molecular formula is C10H12I2N2. The van der Waals surface area contributed by atoms with Gasteiger partial charge in [0.1, 0.15) is 13.2 Å². The predicted molar refractivity (Wildman–Crippen MR) is 72.2 cm³/mol. The average Bonchev–Trinajstić information content (AvgIpc) is 2.82. The lowest BCUT2D eigenvalue weighted by Gasteiger charge is -2.18. The number of fused-ring (bicyclic) bond motifs is 2. The van der Waals surface area contributed by atoms with Gasteiger partial charge in [-0.25, -0.2) is 4.98 Å². The third-order valence-electron chi connectivity index (χ3n) is 3.73. The maximum atomic E-state index is 4.63. The lowest BCUT2D eigenvalue weighted by Crippen LogP contribution is -2.10. The van der Waals surface area contributed by atoms with Crippen molar-refractivity contribution in [2.75, 3.05) is 0 Å². The van der Waals surface area contributed by atoms with Gasteiger partial charge in [-0.15, -0.1) is 0 Å². The summed E-state index contributed by atoms with van der Waals surface area (Å²) in [5.41, 5.74) is 0. The third-order valence-corrected chi connectivity index (χ3v) is 6.32.